The van der Waals surface area contributed by atoms with E-state index in [1.54, 1.807) is 12.3 Å². The molecule has 0 amide bonds. The number of aldehydes is 1. The van der Waals surface area contributed by atoms with Crippen LogP contribution in [0.1, 0.15) is 34.6 Å². The minimum Gasteiger partial charge on any atom is -0.378 e. The van der Waals surface area contributed by atoms with Gasteiger partial charge in [0.05, 0.1) is 13.2 Å². The van der Waals surface area contributed by atoms with Gasteiger partial charge in [-0.2, -0.15) is 0 Å². The molecule has 4 rings (SSSR count). The van der Waals surface area contributed by atoms with Crippen molar-refractivity contribution < 1.29 is 14.3 Å². The number of hydrogen-bond acceptors (Lipinski definition) is 7. The van der Waals surface area contributed by atoms with Gasteiger partial charge >= 0.3 is 0 Å². The first kappa shape index (κ1) is 18.2. The fourth-order valence-electron chi connectivity index (χ4n) is 3.46. The number of hydrogen-bond donors (Lipinski definition) is 2. The maximum atomic E-state index is 11.9. The van der Waals surface area contributed by atoms with Crippen LogP contribution in [-0.4, -0.2) is 43.4 Å². The highest BCUT2D eigenvalue weighted by Gasteiger charge is 2.23. The van der Waals surface area contributed by atoms with Gasteiger partial charge in [-0.25, -0.2) is 4.98 Å². The molecule has 7 heteroatoms. The molecule has 144 valence electrons. The van der Waals surface area contributed by atoms with Crippen LogP contribution in [0.25, 0.3) is 6.08 Å². The Morgan fingerprint density at radius 2 is 2.04 bits per heavy atom. The third-order valence-electron chi connectivity index (χ3n) is 4.94. The highest BCUT2D eigenvalue weighted by Crippen LogP contribution is 2.32. The first-order chi connectivity index (χ1) is 13.7. The Balaban J connectivity index is 1.65. The number of carbonyl (C=O) groups is 2. The van der Waals surface area contributed by atoms with Crippen LogP contribution >= 0.6 is 0 Å². The Bertz CT molecular complexity index is 918. The quantitative estimate of drug-likeness (QED) is 0.611. The molecule has 0 radical (unpaired) electrons. The van der Waals surface area contributed by atoms with E-state index in [9.17, 15) is 9.59 Å². The first-order valence-corrected chi connectivity index (χ1v) is 9.29. The topological polar surface area (TPSA) is 83.6 Å². The van der Waals surface area contributed by atoms with E-state index in [4.69, 9.17) is 4.74 Å². The van der Waals surface area contributed by atoms with E-state index in [2.05, 4.69) is 20.5 Å². The molecule has 1 aromatic heterocycles. The summed E-state index contributed by atoms with van der Waals surface area (Å²) in [5, 5.41) is 6.30. The van der Waals surface area contributed by atoms with Crippen LogP contribution < -0.4 is 15.5 Å². The van der Waals surface area contributed by atoms with E-state index in [0.717, 1.165) is 55.1 Å². The summed E-state index contributed by atoms with van der Waals surface area (Å²) in [6, 6.07) is 9.25. The van der Waals surface area contributed by atoms with E-state index >= 15 is 0 Å². The third kappa shape index (κ3) is 3.61. The molecule has 7 nitrogen and oxygen atoms in total. The first-order valence-electron chi connectivity index (χ1n) is 9.29. The number of morpholine rings is 1. The zero-order valence-corrected chi connectivity index (χ0v) is 15.6. The second-order valence-electron chi connectivity index (χ2n) is 6.80. The predicted octanol–water partition coefficient (Wildman–Crippen LogP) is 2.68. The van der Waals surface area contributed by atoms with Gasteiger partial charge in [0.1, 0.15) is 23.8 Å². The fourth-order valence-corrected chi connectivity index (χ4v) is 3.46. The molecule has 2 aromatic rings. The summed E-state index contributed by atoms with van der Waals surface area (Å²) in [7, 11) is 0. The van der Waals surface area contributed by atoms with E-state index in [1.807, 2.05) is 30.3 Å². The summed E-state index contributed by atoms with van der Waals surface area (Å²) < 4.78 is 5.40. The Morgan fingerprint density at radius 3 is 2.71 bits per heavy atom. The Kier molecular flexibility index (Phi) is 5.08. The number of nitrogens with zero attached hydrogens (tertiary/aromatic N) is 2. The van der Waals surface area contributed by atoms with Gasteiger partial charge in [0.2, 0.25) is 0 Å². The molecule has 1 fully saturated rings. The summed E-state index contributed by atoms with van der Waals surface area (Å²) in [5.74, 6) is 0.388. The van der Waals surface area contributed by atoms with Crippen molar-refractivity contribution in [3.8, 4) is 0 Å². The maximum absolute atomic E-state index is 11.9. The number of carbonyl (C=O) groups excluding carboxylic acids is 2. The second kappa shape index (κ2) is 7.82. The Hall–Kier alpha value is -3.19. The lowest BCUT2D eigenvalue weighted by atomic mass is 9.98. The zero-order chi connectivity index (χ0) is 19.5. The van der Waals surface area contributed by atoms with Gasteiger partial charge in [0, 0.05) is 37.0 Å². The number of fused-ring (bicyclic) bond motifs is 1. The Labute approximate surface area is 163 Å². The minimum atomic E-state index is -0.511. The summed E-state index contributed by atoms with van der Waals surface area (Å²) in [5.41, 5.74) is 3.88. The maximum Gasteiger partial charge on any atom is 0.178 e. The van der Waals surface area contributed by atoms with Gasteiger partial charge in [0.25, 0.3) is 0 Å². The van der Waals surface area contributed by atoms with Crippen molar-refractivity contribution in [3.63, 3.8) is 0 Å². The molecule has 3 heterocycles. The van der Waals surface area contributed by atoms with Crippen molar-refractivity contribution in [2.75, 3.05) is 36.5 Å². The van der Waals surface area contributed by atoms with Crippen LogP contribution in [0.5, 0.6) is 0 Å². The lowest BCUT2D eigenvalue weighted by Crippen LogP contribution is -2.36. The van der Waals surface area contributed by atoms with E-state index in [-0.39, 0.29) is 5.78 Å². The standard InChI is InChI=1S/C21H22N4O3/c1-14(27)18-12-15-6-7-22-19(13-26)20(15)21(24-18)23-16-2-4-17(5-3-16)25-8-10-28-11-9-25/h2-7,12-13,19,22H,8-11H2,1H3,(H,23,24). The number of benzene rings is 1. The van der Waals surface area contributed by atoms with Crippen molar-refractivity contribution >= 4 is 35.3 Å². The molecular formula is C21H22N4O3. The molecule has 2 aliphatic rings. The molecule has 0 spiro atoms. The van der Waals surface area contributed by atoms with Gasteiger partial charge in [0.15, 0.2) is 5.78 Å². The largest absolute Gasteiger partial charge is 0.378 e. The van der Waals surface area contributed by atoms with Gasteiger partial charge in [-0.05, 0) is 48.2 Å². The van der Waals surface area contributed by atoms with E-state index in [0.29, 0.717) is 11.5 Å². The molecule has 1 atom stereocenters. The molecule has 2 aliphatic heterocycles. The SMILES string of the molecule is CC(=O)c1cc2c(c(Nc3ccc(N4CCOCC4)cc3)n1)C(C=O)NC=C2. The number of anilines is 3. The number of Topliss-reactive ketones (excluding diaryl/α,β-unsaturated/α-hetero) is 1. The zero-order valence-electron chi connectivity index (χ0n) is 15.6. The number of ketones is 1. The van der Waals surface area contributed by atoms with Crippen LogP contribution in [0.15, 0.2) is 36.5 Å². The van der Waals surface area contributed by atoms with E-state index in [1.165, 1.54) is 6.92 Å². The van der Waals surface area contributed by atoms with Crippen molar-refractivity contribution in [2.45, 2.75) is 13.0 Å². The smallest absolute Gasteiger partial charge is 0.178 e. The van der Waals surface area contributed by atoms with E-state index < -0.39 is 6.04 Å². The van der Waals surface area contributed by atoms with Gasteiger partial charge in [-0.1, -0.05) is 0 Å². The molecule has 1 aromatic carbocycles. The third-order valence-corrected chi connectivity index (χ3v) is 4.94. The van der Waals surface area contributed by atoms with Crippen molar-refractivity contribution in [2.24, 2.45) is 0 Å². The van der Waals surface area contributed by atoms with Gasteiger partial charge < -0.3 is 25.1 Å². The van der Waals surface area contributed by atoms with Crippen molar-refractivity contribution in [1.29, 1.82) is 0 Å². The normalized spacial score (nSPS) is 18.2. The highest BCUT2D eigenvalue weighted by molar-refractivity contribution is 5.94. The number of nitrogens with one attached hydrogen (secondary N) is 2. The predicted molar refractivity (Wildman–Crippen MR) is 108 cm³/mol. The molecular weight excluding hydrogens is 356 g/mol. The van der Waals surface area contributed by atoms with Crippen LogP contribution in [0, 0.1) is 0 Å². The monoisotopic (exact) mass is 378 g/mol. The lowest BCUT2D eigenvalue weighted by Gasteiger charge is -2.29. The molecule has 1 unspecified atom stereocenters. The van der Waals surface area contributed by atoms with Crippen molar-refractivity contribution in [1.82, 2.24) is 10.3 Å². The highest BCUT2D eigenvalue weighted by atomic mass is 16.5. The lowest BCUT2D eigenvalue weighted by molar-refractivity contribution is -0.109. The molecule has 28 heavy (non-hydrogen) atoms. The number of ether oxygens (including phenoxy) is 1. The van der Waals surface area contributed by atoms with Crippen LogP contribution in [0.3, 0.4) is 0 Å². The summed E-state index contributed by atoms with van der Waals surface area (Å²) >= 11 is 0. The minimum absolute atomic E-state index is 0.122. The number of pyridine rings is 1. The molecule has 2 N–H and O–H groups in total. The second-order valence-corrected chi connectivity index (χ2v) is 6.80. The van der Waals surface area contributed by atoms with Crippen LogP contribution in [-0.2, 0) is 9.53 Å². The summed E-state index contributed by atoms with van der Waals surface area (Å²) in [6.45, 7) is 4.71. The molecule has 1 saturated heterocycles. The molecule has 0 saturated carbocycles. The Morgan fingerprint density at radius 1 is 1.29 bits per heavy atom. The van der Waals surface area contributed by atoms with Crippen LogP contribution in [0.2, 0.25) is 0 Å². The summed E-state index contributed by atoms with van der Waals surface area (Å²) in [6.07, 6.45) is 4.40. The molecule has 0 aliphatic carbocycles. The van der Waals surface area contributed by atoms with Crippen LogP contribution in [0.4, 0.5) is 17.2 Å². The van der Waals surface area contributed by atoms with Gasteiger partial charge in [-0.3, -0.25) is 4.79 Å². The molecule has 0 bridgehead atoms. The average molecular weight is 378 g/mol. The van der Waals surface area contributed by atoms with Gasteiger partial charge in [-0.15, -0.1) is 0 Å². The average Bonchev–Trinajstić information content (AvgIpc) is 2.74. The number of aromatic nitrogens is 1. The van der Waals surface area contributed by atoms with Crippen molar-refractivity contribution in [3.05, 3.63) is 53.4 Å². The fraction of sp³-hybridized carbons (Fsp3) is 0.286. The number of rotatable bonds is 5. The summed E-state index contributed by atoms with van der Waals surface area (Å²) in [4.78, 5) is 30.2.